The Morgan fingerprint density at radius 1 is 1.16 bits per heavy atom. The van der Waals surface area contributed by atoms with E-state index in [-0.39, 0.29) is 11.9 Å². The van der Waals surface area contributed by atoms with Gasteiger partial charge in [-0.05, 0) is 98.4 Å². The molecule has 0 aromatic heterocycles. The van der Waals surface area contributed by atoms with Crippen molar-refractivity contribution in [1.29, 1.82) is 0 Å². The second kappa shape index (κ2) is 9.79. The Morgan fingerprint density at radius 2 is 1.78 bits per heavy atom. The van der Waals surface area contributed by atoms with E-state index in [9.17, 15) is 4.79 Å². The Kier molecular flexibility index (Phi) is 7.69. The van der Waals surface area contributed by atoms with Crippen LogP contribution in [0.5, 0.6) is 0 Å². The van der Waals surface area contributed by atoms with Crippen LogP contribution in [0.3, 0.4) is 0 Å². The molecule has 1 saturated carbocycles. The summed E-state index contributed by atoms with van der Waals surface area (Å²) >= 11 is 16.9. The summed E-state index contributed by atoms with van der Waals surface area (Å²) in [6, 6.07) is 11.2. The molecular weight excluding hydrogens is 464 g/mol. The Bertz CT molecular complexity index is 1020. The van der Waals surface area contributed by atoms with Gasteiger partial charge in [0.25, 0.3) is 5.91 Å². The zero-order valence-electron chi connectivity index (χ0n) is 18.9. The van der Waals surface area contributed by atoms with Crippen molar-refractivity contribution < 1.29 is 9.18 Å². The van der Waals surface area contributed by atoms with Crippen LogP contribution in [0.2, 0.25) is 10.0 Å². The topological polar surface area (TPSA) is 29.1 Å². The van der Waals surface area contributed by atoms with Crippen LogP contribution in [0.4, 0.5) is 4.39 Å². The molecule has 6 heteroatoms. The summed E-state index contributed by atoms with van der Waals surface area (Å²) < 4.78 is 15.6. The normalized spacial score (nSPS) is 16.9. The summed E-state index contributed by atoms with van der Waals surface area (Å²) in [4.78, 5) is 12.6. The molecule has 1 fully saturated rings. The maximum absolute atomic E-state index is 15.6. The Balaban J connectivity index is 1.92. The van der Waals surface area contributed by atoms with E-state index in [4.69, 9.17) is 23.2 Å². The SMILES string of the molecule is Cc1cc(/C(=C/S)CC(C)(c2cc(Cl)cc(Cl)c2)C(C)(C)F)ccc1C(=O)NC1CCC1. The van der Waals surface area contributed by atoms with Gasteiger partial charge in [-0.2, -0.15) is 12.6 Å². The number of benzene rings is 2. The highest BCUT2D eigenvalue weighted by atomic mass is 35.5. The van der Waals surface area contributed by atoms with Gasteiger partial charge in [0.1, 0.15) is 5.67 Å². The molecule has 2 aromatic carbocycles. The molecule has 172 valence electrons. The number of halogens is 3. The van der Waals surface area contributed by atoms with Gasteiger partial charge < -0.3 is 5.32 Å². The first kappa shape index (κ1) is 25.1. The van der Waals surface area contributed by atoms with E-state index >= 15 is 4.39 Å². The number of aryl methyl sites for hydroxylation is 1. The van der Waals surface area contributed by atoms with Gasteiger partial charge in [-0.25, -0.2) is 4.39 Å². The van der Waals surface area contributed by atoms with Gasteiger partial charge in [0, 0.05) is 27.1 Å². The van der Waals surface area contributed by atoms with E-state index in [2.05, 4.69) is 17.9 Å². The fourth-order valence-corrected chi connectivity index (χ4v) is 4.83. The molecule has 0 bridgehead atoms. The number of hydrogen-bond acceptors (Lipinski definition) is 2. The average molecular weight is 495 g/mol. The molecule has 2 nitrogen and oxygen atoms in total. The number of thiol groups is 1. The maximum Gasteiger partial charge on any atom is 0.251 e. The van der Waals surface area contributed by atoms with Crippen LogP contribution in [-0.2, 0) is 5.41 Å². The van der Waals surface area contributed by atoms with Gasteiger partial charge >= 0.3 is 0 Å². The van der Waals surface area contributed by atoms with Crippen LogP contribution in [-0.4, -0.2) is 17.6 Å². The molecule has 3 rings (SSSR count). The zero-order chi connectivity index (χ0) is 23.7. The van der Waals surface area contributed by atoms with Gasteiger partial charge in [0.2, 0.25) is 0 Å². The predicted octanol–water partition coefficient (Wildman–Crippen LogP) is 7.95. The van der Waals surface area contributed by atoms with Crippen molar-refractivity contribution in [2.75, 3.05) is 0 Å². The van der Waals surface area contributed by atoms with Crippen LogP contribution in [0.1, 0.15) is 73.5 Å². The minimum Gasteiger partial charge on any atom is -0.349 e. The number of amides is 1. The molecule has 1 N–H and O–H groups in total. The first-order valence-corrected chi connectivity index (χ1v) is 12.1. The number of allylic oxidation sites excluding steroid dienone is 1. The van der Waals surface area contributed by atoms with Gasteiger partial charge in [-0.3, -0.25) is 4.79 Å². The van der Waals surface area contributed by atoms with E-state index in [1.165, 1.54) is 6.42 Å². The molecule has 0 heterocycles. The highest BCUT2D eigenvalue weighted by Gasteiger charge is 2.44. The number of hydrogen-bond donors (Lipinski definition) is 2. The second-order valence-corrected chi connectivity index (χ2v) is 10.6. The standard InChI is InChI=1S/C26H30Cl2FNOS/c1-16-10-17(8-9-23(16)24(31)30-22-6-5-7-22)18(15-32)14-26(4,25(2,3)29)19-11-20(27)13-21(28)12-19/h8-13,15,22,32H,5-7,14H2,1-4H3,(H,30,31)/b18-15+. The summed E-state index contributed by atoms with van der Waals surface area (Å²) in [5.74, 6) is -0.0431. The molecule has 0 saturated heterocycles. The molecule has 0 radical (unpaired) electrons. The van der Waals surface area contributed by atoms with Gasteiger partial charge in [-0.15, -0.1) is 0 Å². The maximum atomic E-state index is 15.6. The average Bonchev–Trinajstić information content (AvgIpc) is 2.66. The lowest BCUT2D eigenvalue weighted by molar-refractivity contribution is 0.0916. The number of alkyl halides is 1. The van der Waals surface area contributed by atoms with Crippen molar-refractivity contribution >= 4 is 47.3 Å². The first-order valence-electron chi connectivity index (χ1n) is 10.9. The van der Waals surface area contributed by atoms with Crippen molar-refractivity contribution in [1.82, 2.24) is 5.32 Å². The monoisotopic (exact) mass is 493 g/mol. The largest absolute Gasteiger partial charge is 0.349 e. The fourth-order valence-electron chi connectivity index (χ4n) is 4.06. The summed E-state index contributed by atoms with van der Waals surface area (Å²) in [5, 5.41) is 5.73. The summed E-state index contributed by atoms with van der Waals surface area (Å²) in [6.07, 6.45) is 3.63. The molecule has 1 unspecified atom stereocenters. The molecule has 2 aromatic rings. The van der Waals surface area contributed by atoms with Crippen molar-refractivity contribution in [3.8, 4) is 0 Å². The lowest BCUT2D eigenvalue weighted by Gasteiger charge is -2.40. The quantitative estimate of drug-likeness (QED) is 0.376. The molecule has 0 spiro atoms. The van der Waals surface area contributed by atoms with Gasteiger partial charge in [0.15, 0.2) is 0 Å². The van der Waals surface area contributed by atoms with Crippen molar-refractivity contribution in [2.24, 2.45) is 0 Å². The second-order valence-electron chi connectivity index (χ2n) is 9.42. The highest BCUT2D eigenvalue weighted by Crippen LogP contribution is 2.46. The van der Waals surface area contributed by atoms with Crippen molar-refractivity contribution in [3.63, 3.8) is 0 Å². The zero-order valence-corrected chi connectivity index (χ0v) is 21.3. The Hall–Kier alpha value is -1.49. The van der Waals surface area contributed by atoms with Crippen LogP contribution in [0.15, 0.2) is 41.8 Å². The molecular formula is C26H30Cl2FNOS. The third kappa shape index (κ3) is 5.35. The Morgan fingerprint density at radius 3 is 2.25 bits per heavy atom. The predicted molar refractivity (Wildman–Crippen MR) is 137 cm³/mol. The molecule has 1 atom stereocenters. The number of carbonyl (C=O) groups is 1. The fraction of sp³-hybridized carbons (Fsp3) is 0.423. The third-order valence-corrected chi connectivity index (χ3v) is 7.54. The van der Waals surface area contributed by atoms with Crippen molar-refractivity contribution in [2.45, 2.75) is 70.5 Å². The number of nitrogens with one attached hydrogen (secondary N) is 1. The summed E-state index contributed by atoms with van der Waals surface area (Å²) in [6.45, 7) is 6.93. The van der Waals surface area contributed by atoms with Gasteiger partial charge in [0.05, 0.1) is 0 Å². The lowest BCUT2D eigenvalue weighted by Crippen LogP contribution is -2.42. The highest BCUT2D eigenvalue weighted by molar-refractivity contribution is 7.83. The van der Waals surface area contributed by atoms with Crippen LogP contribution in [0, 0.1) is 6.92 Å². The van der Waals surface area contributed by atoms with Gasteiger partial charge in [-0.1, -0.05) is 42.3 Å². The van der Waals surface area contributed by atoms with E-state index < -0.39 is 11.1 Å². The van der Waals surface area contributed by atoms with Crippen molar-refractivity contribution in [3.05, 3.63) is 74.1 Å². The van der Waals surface area contributed by atoms with Crippen LogP contribution in [0.25, 0.3) is 5.57 Å². The minimum absolute atomic E-state index is 0.0431. The molecule has 1 aliphatic rings. The van der Waals surface area contributed by atoms with E-state index in [0.717, 1.165) is 35.1 Å². The first-order chi connectivity index (χ1) is 14.9. The van der Waals surface area contributed by atoms with Crippen LogP contribution < -0.4 is 5.32 Å². The third-order valence-electron chi connectivity index (χ3n) is 6.79. The lowest BCUT2D eigenvalue weighted by atomic mass is 9.67. The summed E-state index contributed by atoms with van der Waals surface area (Å²) in [5.41, 5.74) is 1.55. The van der Waals surface area contributed by atoms with E-state index in [1.54, 1.807) is 37.5 Å². The molecule has 1 amide bonds. The summed E-state index contributed by atoms with van der Waals surface area (Å²) in [7, 11) is 0. The molecule has 0 aliphatic heterocycles. The van der Waals surface area contributed by atoms with Crippen LogP contribution >= 0.6 is 35.8 Å². The van der Waals surface area contributed by atoms with E-state index in [0.29, 0.717) is 22.0 Å². The molecule has 32 heavy (non-hydrogen) atoms. The minimum atomic E-state index is -1.57. The smallest absolute Gasteiger partial charge is 0.251 e. The molecule has 1 aliphatic carbocycles. The number of rotatable bonds is 7. The van der Waals surface area contributed by atoms with E-state index in [1.807, 2.05) is 32.0 Å². The number of carbonyl (C=O) groups excluding carboxylic acids is 1. The Labute approximate surface area is 206 Å².